The van der Waals surface area contributed by atoms with Crippen molar-refractivity contribution in [1.29, 1.82) is 0 Å². The van der Waals surface area contributed by atoms with Gasteiger partial charge >= 0.3 is 0 Å². The molecule has 9 heteroatoms. The van der Waals surface area contributed by atoms with Crippen molar-refractivity contribution in [2.75, 3.05) is 29.9 Å². The zero-order valence-electron chi connectivity index (χ0n) is 13.8. The molecule has 1 aromatic rings. The topological polar surface area (TPSA) is 93.1 Å². The number of anilines is 1. The van der Waals surface area contributed by atoms with E-state index in [1.54, 1.807) is 23.9 Å². The minimum atomic E-state index is -3.01. The van der Waals surface area contributed by atoms with Gasteiger partial charge in [-0.1, -0.05) is 6.92 Å². The Bertz CT molecular complexity index is 683. The van der Waals surface area contributed by atoms with E-state index in [-0.39, 0.29) is 41.2 Å². The summed E-state index contributed by atoms with van der Waals surface area (Å²) >= 11 is 0. The molecule has 7 nitrogen and oxygen atoms in total. The molecule has 3 rings (SSSR count). The Balaban J connectivity index is 0.00000208. The highest BCUT2D eigenvalue weighted by molar-refractivity contribution is 7.91. The van der Waals surface area contributed by atoms with E-state index in [9.17, 15) is 13.2 Å². The van der Waals surface area contributed by atoms with E-state index in [0.29, 0.717) is 12.4 Å². The minimum absolute atomic E-state index is 0. The van der Waals surface area contributed by atoms with Gasteiger partial charge in [-0.25, -0.2) is 8.42 Å². The summed E-state index contributed by atoms with van der Waals surface area (Å²) in [5.41, 5.74) is 0.201. The first-order chi connectivity index (χ1) is 10.9. The van der Waals surface area contributed by atoms with Crippen LogP contribution in [-0.2, 0) is 21.2 Å². The lowest BCUT2D eigenvalue weighted by atomic mass is 9.92. The predicted molar refractivity (Wildman–Crippen MR) is 95.1 cm³/mol. The first-order valence-electron chi connectivity index (χ1n) is 8.20. The zero-order valence-corrected chi connectivity index (χ0v) is 15.5. The SMILES string of the molecule is CCS(=O)(=O)CCn1ccc(NC(=O)C2CC23CCNCC3)n1.Cl. The number of hydrogen-bond acceptors (Lipinski definition) is 5. The number of carbonyl (C=O) groups is 1. The second-order valence-electron chi connectivity index (χ2n) is 6.56. The summed E-state index contributed by atoms with van der Waals surface area (Å²) in [5.74, 6) is 0.835. The third-order valence-electron chi connectivity index (χ3n) is 5.07. The molecule has 1 aliphatic heterocycles. The van der Waals surface area contributed by atoms with Gasteiger partial charge in [0.15, 0.2) is 15.7 Å². The van der Waals surface area contributed by atoms with Crippen LogP contribution in [0.15, 0.2) is 12.3 Å². The number of nitrogens with one attached hydrogen (secondary N) is 2. The number of amides is 1. The van der Waals surface area contributed by atoms with Crippen molar-refractivity contribution < 1.29 is 13.2 Å². The van der Waals surface area contributed by atoms with Crippen LogP contribution in [0.4, 0.5) is 5.82 Å². The van der Waals surface area contributed by atoms with Gasteiger partial charge in [0.2, 0.25) is 5.91 Å². The molecule has 0 radical (unpaired) electrons. The standard InChI is InChI=1S/C15H24N4O3S.ClH/c1-2-23(21,22)10-9-19-8-3-13(18-19)17-14(20)12-11-15(12)4-6-16-7-5-15;/h3,8,12,16H,2,4-7,9-11H2,1H3,(H,17,18,20);1H. The monoisotopic (exact) mass is 376 g/mol. The van der Waals surface area contributed by atoms with Gasteiger partial charge in [-0.05, 0) is 37.8 Å². The Hall–Kier alpha value is -1.12. The number of nitrogens with zero attached hydrogens (tertiary/aromatic N) is 2. The highest BCUT2D eigenvalue weighted by atomic mass is 35.5. The second-order valence-corrected chi connectivity index (χ2v) is 9.03. The number of rotatable bonds is 6. The van der Waals surface area contributed by atoms with Crippen LogP contribution in [-0.4, -0.2) is 48.7 Å². The van der Waals surface area contributed by atoms with Crippen molar-refractivity contribution in [3.05, 3.63) is 12.3 Å². The Morgan fingerprint density at radius 1 is 1.46 bits per heavy atom. The summed E-state index contributed by atoms with van der Waals surface area (Å²) in [5, 5.41) is 10.4. The molecule has 1 spiro atoms. The smallest absolute Gasteiger partial charge is 0.229 e. The fourth-order valence-corrected chi connectivity index (χ4v) is 4.09. The maximum Gasteiger partial charge on any atom is 0.229 e. The van der Waals surface area contributed by atoms with Gasteiger partial charge in [0.1, 0.15) is 0 Å². The molecule has 24 heavy (non-hydrogen) atoms. The molecule has 1 atom stereocenters. The molecule has 1 aliphatic carbocycles. The molecule has 2 fully saturated rings. The highest BCUT2D eigenvalue weighted by Gasteiger charge is 2.57. The molecule has 1 saturated carbocycles. The highest BCUT2D eigenvalue weighted by Crippen LogP contribution is 2.58. The molecule has 0 bridgehead atoms. The summed E-state index contributed by atoms with van der Waals surface area (Å²) in [4.78, 5) is 12.3. The Kier molecular flexibility index (Phi) is 5.93. The van der Waals surface area contributed by atoms with Crippen molar-refractivity contribution in [2.45, 2.75) is 32.7 Å². The third kappa shape index (κ3) is 4.29. The molecule has 1 amide bonds. The molecule has 1 unspecified atom stereocenters. The van der Waals surface area contributed by atoms with E-state index in [1.165, 1.54) is 0 Å². The Labute approximate surface area is 148 Å². The fourth-order valence-electron chi connectivity index (χ4n) is 3.34. The number of carbonyl (C=O) groups excluding carboxylic acids is 1. The van der Waals surface area contributed by atoms with E-state index in [0.717, 1.165) is 32.4 Å². The minimum Gasteiger partial charge on any atom is -0.317 e. The Morgan fingerprint density at radius 2 is 2.17 bits per heavy atom. The van der Waals surface area contributed by atoms with Crippen molar-refractivity contribution in [3.63, 3.8) is 0 Å². The van der Waals surface area contributed by atoms with E-state index in [4.69, 9.17) is 0 Å². The van der Waals surface area contributed by atoms with Gasteiger partial charge in [0.25, 0.3) is 0 Å². The quantitative estimate of drug-likeness (QED) is 0.774. The van der Waals surface area contributed by atoms with Gasteiger partial charge in [-0.3, -0.25) is 9.48 Å². The van der Waals surface area contributed by atoms with Crippen LogP contribution in [0.5, 0.6) is 0 Å². The van der Waals surface area contributed by atoms with Crippen molar-refractivity contribution in [3.8, 4) is 0 Å². The van der Waals surface area contributed by atoms with Crippen molar-refractivity contribution in [1.82, 2.24) is 15.1 Å². The average Bonchev–Trinajstić information content (AvgIpc) is 3.03. The van der Waals surface area contributed by atoms with Crippen LogP contribution in [0.25, 0.3) is 0 Å². The summed E-state index contributed by atoms with van der Waals surface area (Å²) in [6, 6.07) is 1.72. The molecule has 2 N–H and O–H groups in total. The second kappa shape index (κ2) is 7.41. The maximum absolute atomic E-state index is 12.3. The van der Waals surface area contributed by atoms with E-state index >= 15 is 0 Å². The Morgan fingerprint density at radius 3 is 2.83 bits per heavy atom. The van der Waals surface area contributed by atoms with E-state index in [2.05, 4.69) is 15.7 Å². The van der Waals surface area contributed by atoms with E-state index in [1.807, 2.05) is 0 Å². The lowest BCUT2D eigenvalue weighted by molar-refractivity contribution is -0.118. The largest absolute Gasteiger partial charge is 0.317 e. The zero-order chi connectivity index (χ0) is 16.5. The number of halogens is 1. The van der Waals surface area contributed by atoms with E-state index < -0.39 is 9.84 Å². The van der Waals surface area contributed by atoms with Crippen LogP contribution in [0.3, 0.4) is 0 Å². The van der Waals surface area contributed by atoms with Gasteiger partial charge in [0.05, 0.1) is 12.3 Å². The molecule has 2 aliphatic rings. The van der Waals surface area contributed by atoms with Gasteiger partial charge < -0.3 is 10.6 Å². The van der Waals surface area contributed by atoms with Gasteiger partial charge in [-0.2, -0.15) is 5.10 Å². The fraction of sp³-hybridized carbons (Fsp3) is 0.733. The molecule has 0 aromatic carbocycles. The maximum atomic E-state index is 12.3. The predicted octanol–water partition coefficient (Wildman–Crippen LogP) is 1.07. The lowest BCUT2D eigenvalue weighted by Crippen LogP contribution is -2.31. The van der Waals surface area contributed by atoms with Crippen LogP contribution in [0.1, 0.15) is 26.2 Å². The normalized spacial score (nSPS) is 22.0. The number of aromatic nitrogens is 2. The average molecular weight is 377 g/mol. The third-order valence-corrected chi connectivity index (χ3v) is 6.75. The van der Waals surface area contributed by atoms with Crippen molar-refractivity contribution in [2.24, 2.45) is 11.3 Å². The van der Waals surface area contributed by atoms with Crippen LogP contribution in [0.2, 0.25) is 0 Å². The van der Waals surface area contributed by atoms with Crippen molar-refractivity contribution >= 4 is 34.0 Å². The number of aryl methyl sites for hydroxylation is 1. The lowest BCUT2D eigenvalue weighted by Gasteiger charge is -2.23. The molecular weight excluding hydrogens is 352 g/mol. The molecule has 136 valence electrons. The van der Waals surface area contributed by atoms with Gasteiger partial charge in [-0.15, -0.1) is 12.4 Å². The molecular formula is C15H25ClN4O3S. The summed E-state index contributed by atoms with van der Waals surface area (Å²) in [6.07, 6.45) is 4.80. The van der Waals surface area contributed by atoms with Gasteiger partial charge in [0, 0.05) is 23.9 Å². The summed E-state index contributed by atoms with van der Waals surface area (Å²) in [7, 11) is -3.01. The number of hydrogen-bond donors (Lipinski definition) is 2. The number of sulfone groups is 1. The molecule has 1 saturated heterocycles. The summed E-state index contributed by atoms with van der Waals surface area (Å²) < 4.78 is 24.6. The summed E-state index contributed by atoms with van der Waals surface area (Å²) in [6.45, 7) is 3.93. The first-order valence-corrected chi connectivity index (χ1v) is 10.0. The van der Waals surface area contributed by atoms with Crippen LogP contribution >= 0.6 is 12.4 Å². The molecule has 2 heterocycles. The molecule has 1 aromatic heterocycles. The van der Waals surface area contributed by atoms with Crippen LogP contribution in [0, 0.1) is 11.3 Å². The van der Waals surface area contributed by atoms with Crippen LogP contribution < -0.4 is 10.6 Å². The number of piperidine rings is 1. The first kappa shape index (κ1) is 19.2.